The molecular formula is C24H22N6OS. The first-order valence-corrected chi connectivity index (χ1v) is 11.2. The number of aryl methyl sites for hydroxylation is 1. The second-order valence-electron chi connectivity index (χ2n) is 7.88. The number of fused-ring (bicyclic) bond motifs is 1. The Balaban J connectivity index is 1.38. The van der Waals surface area contributed by atoms with Crippen LogP contribution in [-0.2, 0) is 0 Å². The summed E-state index contributed by atoms with van der Waals surface area (Å²) in [5.41, 5.74) is 3.60. The quantitative estimate of drug-likeness (QED) is 0.503. The maximum Gasteiger partial charge on any atom is 0.256 e. The van der Waals surface area contributed by atoms with E-state index in [2.05, 4.69) is 43.5 Å². The molecule has 160 valence electrons. The number of amides is 1. The molecule has 32 heavy (non-hydrogen) atoms. The van der Waals surface area contributed by atoms with Crippen LogP contribution in [0.5, 0.6) is 0 Å². The minimum Gasteiger partial charge on any atom is -0.307 e. The lowest BCUT2D eigenvalue weighted by Gasteiger charge is -2.21. The summed E-state index contributed by atoms with van der Waals surface area (Å²) in [7, 11) is 2.10. The molecule has 4 aromatic rings. The molecule has 0 atom stereocenters. The van der Waals surface area contributed by atoms with Gasteiger partial charge in [0.15, 0.2) is 0 Å². The second-order valence-corrected chi connectivity index (χ2v) is 9.06. The standard InChI is InChI=1S/C24H22N6OS/c1-15-28-29-24(32-15)18-3-4-19-14-26-22(13-20(19)11-18)27-23(31)17-5-8-25-21(12-17)16-6-9-30(2)10-7-16/h3-6,8,11-14H,7,9-10H2,1-2H3,(H,26,27,31). The highest BCUT2D eigenvalue weighted by Crippen LogP contribution is 2.28. The highest BCUT2D eigenvalue weighted by atomic mass is 32.1. The fraction of sp³-hybridized carbons (Fsp3) is 0.208. The van der Waals surface area contributed by atoms with E-state index in [-0.39, 0.29) is 5.91 Å². The smallest absolute Gasteiger partial charge is 0.256 e. The van der Waals surface area contributed by atoms with Gasteiger partial charge in [0.1, 0.15) is 15.8 Å². The second kappa shape index (κ2) is 8.57. The molecule has 0 aliphatic carbocycles. The molecule has 0 spiro atoms. The summed E-state index contributed by atoms with van der Waals surface area (Å²) in [6.45, 7) is 3.82. The minimum absolute atomic E-state index is 0.204. The van der Waals surface area contributed by atoms with Gasteiger partial charge in [-0.1, -0.05) is 29.5 Å². The van der Waals surface area contributed by atoms with Crippen molar-refractivity contribution in [3.8, 4) is 10.6 Å². The van der Waals surface area contributed by atoms with Crippen LogP contribution in [0.4, 0.5) is 5.82 Å². The maximum atomic E-state index is 12.9. The van der Waals surface area contributed by atoms with E-state index in [0.29, 0.717) is 11.4 Å². The minimum atomic E-state index is -0.204. The monoisotopic (exact) mass is 442 g/mol. The van der Waals surface area contributed by atoms with Crippen molar-refractivity contribution in [3.05, 3.63) is 71.1 Å². The Labute approximate surface area is 189 Å². The van der Waals surface area contributed by atoms with E-state index in [1.807, 2.05) is 37.3 Å². The van der Waals surface area contributed by atoms with E-state index in [0.717, 1.165) is 51.6 Å². The predicted molar refractivity (Wildman–Crippen MR) is 128 cm³/mol. The Hall–Kier alpha value is -3.49. The summed E-state index contributed by atoms with van der Waals surface area (Å²) in [4.78, 5) is 24.0. The molecule has 1 aliphatic rings. The molecule has 8 heteroatoms. The number of pyridine rings is 2. The number of nitrogens with zero attached hydrogens (tertiary/aromatic N) is 5. The van der Waals surface area contributed by atoms with Gasteiger partial charge in [-0.3, -0.25) is 9.78 Å². The van der Waals surface area contributed by atoms with Crippen molar-refractivity contribution in [2.24, 2.45) is 0 Å². The third kappa shape index (κ3) is 4.28. The highest BCUT2D eigenvalue weighted by molar-refractivity contribution is 7.14. The van der Waals surface area contributed by atoms with Gasteiger partial charge in [0.05, 0.1) is 5.69 Å². The molecule has 0 radical (unpaired) electrons. The van der Waals surface area contributed by atoms with Crippen molar-refractivity contribution in [3.63, 3.8) is 0 Å². The Bertz CT molecular complexity index is 1350. The van der Waals surface area contributed by atoms with Gasteiger partial charge in [-0.2, -0.15) is 0 Å². The summed E-state index contributed by atoms with van der Waals surface area (Å²) < 4.78 is 0. The molecule has 3 aromatic heterocycles. The molecule has 0 bridgehead atoms. The third-order valence-corrected chi connectivity index (χ3v) is 6.39. The maximum absolute atomic E-state index is 12.9. The lowest BCUT2D eigenvalue weighted by molar-refractivity contribution is 0.102. The van der Waals surface area contributed by atoms with Gasteiger partial charge in [-0.15, -0.1) is 10.2 Å². The Morgan fingerprint density at radius 2 is 2.00 bits per heavy atom. The van der Waals surface area contributed by atoms with Crippen molar-refractivity contribution in [1.82, 2.24) is 25.1 Å². The molecule has 7 nitrogen and oxygen atoms in total. The zero-order chi connectivity index (χ0) is 22.1. The van der Waals surface area contributed by atoms with E-state index >= 15 is 0 Å². The molecule has 4 heterocycles. The Kier molecular flexibility index (Phi) is 5.46. The molecule has 1 N–H and O–H groups in total. The molecule has 0 saturated carbocycles. The van der Waals surface area contributed by atoms with Crippen molar-refractivity contribution < 1.29 is 4.79 Å². The fourth-order valence-corrected chi connectivity index (χ4v) is 4.38. The lowest BCUT2D eigenvalue weighted by atomic mass is 10.0. The van der Waals surface area contributed by atoms with Crippen molar-refractivity contribution >= 4 is 39.4 Å². The first-order chi connectivity index (χ1) is 15.5. The summed E-state index contributed by atoms with van der Waals surface area (Å²) >= 11 is 1.55. The lowest BCUT2D eigenvalue weighted by Crippen LogP contribution is -2.24. The van der Waals surface area contributed by atoms with Crippen molar-refractivity contribution in [2.45, 2.75) is 13.3 Å². The molecule has 0 unspecified atom stereocenters. The topological polar surface area (TPSA) is 83.9 Å². The predicted octanol–water partition coefficient (Wildman–Crippen LogP) is 4.43. The highest BCUT2D eigenvalue weighted by Gasteiger charge is 2.14. The summed E-state index contributed by atoms with van der Waals surface area (Å²) in [6.07, 6.45) is 6.56. The van der Waals surface area contributed by atoms with Crippen LogP contribution < -0.4 is 5.32 Å². The van der Waals surface area contributed by atoms with Crippen LogP contribution in [0.3, 0.4) is 0 Å². The molecule has 5 rings (SSSR count). The molecule has 1 aromatic carbocycles. The van der Waals surface area contributed by atoms with Crippen LogP contribution in [0.15, 0.2) is 54.9 Å². The summed E-state index contributed by atoms with van der Waals surface area (Å²) in [5, 5.41) is 15.0. The van der Waals surface area contributed by atoms with Gasteiger partial charge in [-0.05, 0) is 55.6 Å². The zero-order valence-electron chi connectivity index (χ0n) is 17.9. The average molecular weight is 443 g/mol. The first kappa shape index (κ1) is 20.4. The Morgan fingerprint density at radius 1 is 1.09 bits per heavy atom. The van der Waals surface area contributed by atoms with Crippen LogP contribution in [-0.4, -0.2) is 51.1 Å². The van der Waals surface area contributed by atoms with Gasteiger partial charge >= 0.3 is 0 Å². The first-order valence-electron chi connectivity index (χ1n) is 10.4. The van der Waals surface area contributed by atoms with Crippen LogP contribution in [0.25, 0.3) is 26.9 Å². The van der Waals surface area contributed by atoms with Crippen molar-refractivity contribution in [2.75, 3.05) is 25.5 Å². The summed E-state index contributed by atoms with van der Waals surface area (Å²) in [6, 6.07) is 11.5. The van der Waals surface area contributed by atoms with Gasteiger partial charge in [0, 0.05) is 42.0 Å². The number of carbonyl (C=O) groups is 1. The van der Waals surface area contributed by atoms with E-state index < -0.39 is 0 Å². The normalized spacial score (nSPS) is 14.4. The van der Waals surface area contributed by atoms with Crippen LogP contribution >= 0.6 is 11.3 Å². The van der Waals surface area contributed by atoms with Gasteiger partial charge in [0.2, 0.25) is 0 Å². The number of carbonyl (C=O) groups excluding carboxylic acids is 1. The van der Waals surface area contributed by atoms with Gasteiger partial charge < -0.3 is 10.2 Å². The molecule has 0 saturated heterocycles. The molecule has 1 amide bonds. The summed E-state index contributed by atoms with van der Waals surface area (Å²) in [5.74, 6) is 0.301. The van der Waals surface area contributed by atoms with Gasteiger partial charge in [-0.25, -0.2) is 4.98 Å². The Morgan fingerprint density at radius 3 is 2.78 bits per heavy atom. The number of aromatic nitrogens is 4. The van der Waals surface area contributed by atoms with Gasteiger partial charge in [0.25, 0.3) is 5.91 Å². The largest absolute Gasteiger partial charge is 0.307 e. The number of likely N-dealkylation sites (N-methyl/N-ethyl adjacent to an activating group) is 1. The third-order valence-electron chi connectivity index (χ3n) is 5.50. The number of nitrogens with one attached hydrogen (secondary N) is 1. The van der Waals surface area contributed by atoms with E-state index in [1.54, 1.807) is 29.8 Å². The number of hydrogen-bond acceptors (Lipinski definition) is 7. The molecular weight excluding hydrogens is 420 g/mol. The fourth-order valence-electron chi connectivity index (χ4n) is 3.69. The van der Waals surface area contributed by atoms with E-state index in [1.165, 1.54) is 5.57 Å². The zero-order valence-corrected chi connectivity index (χ0v) is 18.7. The van der Waals surface area contributed by atoms with Crippen LogP contribution in [0.1, 0.15) is 27.5 Å². The molecule has 1 aliphatic heterocycles. The van der Waals surface area contributed by atoms with Crippen molar-refractivity contribution in [1.29, 1.82) is 0 Å². The van der Waals surface area contributed by atoms with Crippen LogP contribution in [0.2, 0.25) is 0 Å². The average Bonchev–Trinajstić information content (AvgIpc) is 3.25. The number of anilines is 1. The number of benzene rings is 1. The van der Waals surface area contributed by atoms with Crippen LogP contribution in [0, 0.1) is 6.92 Å². The van der Waals surface area contributed by atoms with E-state index in [9.17, 15) is 4.79 Å². The molecule has 0 fully saturated rings. The van der Waals surface area contributed by atoms with E-state index in [4.69, 9.17) is 0 Å². The number of hydrogen-bond donors (Lipinski definition) is 1. The SMILES string of the molecule is Cc1nnc(-c2ccc3cnc(NC(=O)c4ccnc(C5=CCN(C)CC5)c4)cc3c2)s1. The number of rotatable bonds is 4.